The summed E-state index contributed by atoms with van der Waals surface area (Å²) in [5, 5.41) is 14.8. The van der Waals surface area contributed by atoms with Gasteiger partial charge in [0, 0.05) is 75.9 Å². The largest absolute Gasteiger partial charge is 0.473 e. The van der Waals surface area contributed by atoms with E-state index in [0.29, 0.717) is 11.8 Å². The van der Waals surface area contributed by atoms with Gasteiger partial charge in [-0.15, -0.1) is 0 Å². The Morgan fingerprint density at radius 2 is 0.893 bits per heavy atom. The second-order valence-corrected chi connectivity index (χ2v) is 15.0. The minimum atomic E-state index is -1.82. The van der Waals surface area contributed by atoms with Crippen LogP contribution < -0.4 is 0 Å². The normalized spacial score (nSPS) is 17.6. The Labute approximate surface area is 328 Å². The highest BCUT2D eigenvalue weighted by Crippen LogP contribution is 2.27. The van der Waals surface area contributed by atoms with Gasteiger partial charge in [0.15, 0.2) is 0 Å². The maximum absolute atomic E-state index is 12.9. The third kappa shape index (κ3) is 11.3. The summed E-state index contributed by atoms with van der Waals surface area (Å²) >= 11 is 0. The Balaban J connectivity index is 0.000000166. The molecule has 4 aliphatic heterocycles. The molecule has 4 aliphatic rings. The SMILES string of the molecule is O=C(C1CCN(Cc2cccnc2)CC1)N1CCc2ccccc2C1.O=C(C1CCN(Cc2cccnc2)CC1)N1CCc2ccccc2C1.O=C(O)C(=O)O. The molecule has 12 nitrogen and oxygen atoms in total. The van der Waals surface area contributed by atoms with Crippen molar-refractivity contribution in [3.63, 3.8) is 0 Å². The third-order valence-electron chi connectivity index (χ3n) is 11.2. The number of carbonyl (C=O) groups excluding carboxylic acids is 2. The predicted molar refractivity (Wildman–Crippen MR) is 211 cm³/mol. The summed E-state index contributed by atoms with van der Waals surface area (Å²) in [4.78, 5) is 61.4. The van der Waals surface area contributed by atoms with Crippen LogP contribution in [0, 0.1) is 11.8 Å². The van der Waals surface area contributed by atoms with E-state index in [1.165, 1.54) is 33.4 Å². The summed E-state index contributed by atoms with van der Waals surface area (Å²) in [5.74, 6) is -2.55. The number of pyridine rings is 2. The molecule has 0 aliphatic carbocycles. The van der Waals surface area contributed by atoms with E-state index in [1.807, 2.05) is 36.9 Å². The molecule has 56 heavy (non-hydrogen) atoms. The zero-order chi connectivity index (χ0) is 39.3. The van der Waals surface area contributed by atoms with Crippen LogP contribution in [0.1, 0.15) is 59.1 Å². The fraction of sp³-hybridized carbons (Fsp3) is 0.409. The zero-order valence-electron chi connectivity index (χ0n) is 31.9. The average molecular weight is 761 g/mol. The van der Waals surface area contributed by atoms with Crippen molar-refractivity contribution in [3.05, 3.63) is 131 Å². The molecule has 2 amide bonds. The van der Waals surface area contributed by atoms with Crippen molar-refractivity contribution in [1.29, 1.82) is 0 Å². The lowest BCUT2D eigenvalue weighted by Crippen LogP contribution is -2.44. The van der Waals surface area contributed by atoms with Crippen molar-refractivity contribution in [3.8, 4) is 0 Å². The lowest BCUT2D eigenvalue weighted by Gasteiger charge is -2.36. The molecule has 0 spiro atoms. The quantitative estimate of drug-likeness (QED) is 0.260. The van der Waals surface area contributed by atoms with Gasteiger partial charge in [-0.1, -0.05) is 60.7 Å². The van der Waals surface area contributed by atoms with E-state index in [9.17, 15) is 9.59 Å². The second kappa shape index (κ2) is 19.9. The standard InChI is InChI=1S/2C21H25N3O.C2H2O4/c2*25-21(24-13-9-18-5-1-2-6-20(18)16-24)19-7-11-23(12-8-19)15-17-4-3-10-22-14-17;3-1(4)2(5)6/h2*1-6,10,14,19H,7-9,11-13,15-16H2;(H,3,4)(H,5,6). The number of fused-ring (bicyclic) bond motifs is 2. The number of rotatable bonds is 6. The smallest absolute Gasteiger partial charge is 0.414 e. The van der Waals surface area contributed by atoms with Gasteiger partial charge >= 0.3 is 11.9 Å². The number of carboxylic acids is 2. The lowest BCUT2D eigenvalue weighted by atomic mass is 9.93. The summed E-state index contributed by atoms with van der Waals surface area (Å²) in [6.45, 7) is 9.15. The molecule has 2 fully saturated rings. The fourth-order valence-corrected chi connectivity index (χ4v) is 8.06. The number of likely N-dealkylation sites (tertiary alicyclic amines) is 2. The highest BCUT2D eigenvalue weighted by molar-refractivity contribution is 6.27. The first-order chi connectivity index (χ1) is 27.2. The van der Waals surface area contributed by atoms with Crippen molar-refractivity contribution in [2.24, 2.45) is 11.8 Å². The van der Waals surface area contributed by atoms with Crippen molar-refractivity contribution in [2.45, 2.75) is 64.7 Å². The second-order valence-electron chi connectivity index (χ2n) is 15.0. The summed E-state index contributed by atoms with van der Waals surface area (Å²) in [6.07, 6.45) is 13.3. The lowest BCUT2D eigenvalue weighted by molar-refractivity contribution is -0.159. The molecule has 0 radical (unpaired) electrons. The first-order valence-corrected chi connectivity index (χ1v) is 19.6. The molecule has 4 aromatic rings. The van der Waals surface area contributed by atoms with Gasteiger partial charge in [0.1, 0.15) is 0 Å². The number of piperidine rings is 2. The number of carboxylic acid groups (broad SMARTS) is 2. The molecule has 0 bridgehead atoms. The molecule has 8 rings (SSSR count). The molecule has 0 saturated carbocycles. The highest BCUT2D eigenvalue weighted by Gasteiger charge is 2.31. The molecule has 2 aromatic heterocycles. The highest BCUT2D eigenvalue weighted by atomic mass is 16.4. The van der Waals surface area contributed by atoms with E-state index in [2.05, 4.69) is 90.2 Å². The minimum absolute atomic E-state index is 0.190. The van der Waals surface area contributed by atoms with Crippen LogP contribution in [0.25, 0.3) is 0 Å². The van der Waals surface area contributed by atoms with Gasteiger partial charge in [-0.2, -0.15) is 0 Å². The van der Waals surface area contributed by atoms with Crippen LogP contribution in [-0.2, 0) is 58.2 Å². The number of nitrogens with zero attached hydrogens (tertiary/aromatic N) is 6. The van der Waals surface area contributed by atoms with Gasteiger partial charge in [-0.3, -0.25) is 29.4 Å². The van der Waals surface area contributed by atoms with E-state index < -0.39 is 11.9 Å². The Kier molecular flexibility index (Phi) is 14.3. The number of hydrogen-bond donors (Lipinski definition) is 2. The maximum Gasteiger partial charge on any atom is 0.414 e. The Bertz CT molecular complexity index is 1770. The van der Waals surface area contributed by atoms with E-state index in [0.717, 1.165) is 104 Å². The molecule has 6 heterocycles. The van der Waals surface area contributed by atoms with Crippen LogP contribution in [0.2, 0.25) is 0 Å². The molecule has 2 aromatic carbocycles. The van der Waals surface area contributed by atoms with Crippen LogP contribution in [0.3, 0.4) is 0 Å². The maximum atomic E-state index is 12.9. The van der Waals surface area contributed by atoms with E-state index in [4.69, 9.17) is 19.8 Å². The summed E-state index contributed by atoms with van der Waals surface area (Å²) in [6, 6.07) is 25.2. The number of carbonyl (C=O) groups is 4. The third-order valence-corrected chi connectivity index (χ3v) is 11.2. The van der Waals surface area contributed by atoms with Crippen molar-refractivity contribution in [1.82, 2.24) is 29.6 Å². The van der Waals surface area contributed by atoms with Gasteiger partial charge in [0.2, 0.25) is 11.8 Å². The predicted octanol–water partition coefficient (Wildman–Crippen LogP) is 4.91. The zero-order valence-corrected chi connectivity index (χ0v) is 31.9. The molecular formula is C44H52N6O6. The monoisotopic (exact) mass is 760 g/mol. The topological polar surface area (TPSA) is 147 Å². The molecular weight excluding hydrogens is 709 g/mol. The minimum Gasteiger partial charge on any atom is -0.473 e. The van der Waals surface area contributed by atoms with Gasteiger partial charge in [-0.25, -0.2) is 9.59 Å². The molecule has 294 valence electrons. The van der Waals surface area contributed by atoms with Crippen LogP contribution in [0.5, 0.6) is 0 Å². The fourth-order valence-electron chi connectivity index (χ4n) is 8.06. The Hall–Kier alpha value is -5.46. The summed E-state index contributed by atoms with van der Waals surface area (Å²) in [5.41, 5.74) is 7.93. The number of benzene rings is 2. The summed E-state index contributed by atoms with van der Waals surface area (Å²) in [7, 11) is 0. The van der Waals surface area contributed by atoms with Crippen LogP contribution >= 0.6 is 0 Å². The van der Waals surface area contributed by atoms with E-state index in [-0.39, 0.29) is 11.8 Å². The first-order valence-electron chi connectivity index (χ1n) is 19.6. The number of hydrogen-bond acceptors (Lipinski definition) is 8. The Morgan fingerprint density at radius 3 is 1.23 bits per heavy atom. The van der Waals surface area contributed by atoms with E-state index in [1.54, 1.807) is 0 Å². The molecule has 0 atom stereocenters. The van der Waals surface area contributed by atoms with Crippen LogP contribution in [-0.4, -0.2) is 103 Å². The van der Waals surface area contributed by atoms with Gasteiger partial charge in [0.05, 0.1) is 0 Å². The van der Waals surface area contributed by atoms with Crippen molar-refractivity contribution < 1.29 is 29.4 Å². The van der Waals surface area contributed by atoms with Gasteiger partial charge < -0.3 is 20.0 Å². The van der Waals surface area contributed by atoms with Crippen molar-refractivity contribution in [2.75, 3.05) is 39.3 Å². The van der Waals surface area contributed by atoms with E-state index >= 15 is 0 Å². The van der Waals surface area contributed by atoms with Crippen LogP contribution in [0.4, 0.5) is 0 Å². The Morgan fingerprint density at radius 1 is 0.518 bits per heavy atom. The molecule has 2 saturated heterocycles. The van der Waals surface area contributed by atoms with Gasteiger partial charge in [0.25, 0.3) is 0 Å². The van der Waals surface area contributed by atoms with Crippen molar-refractivity contribution >= 4 is 23.8 Å². The molecule has 0 unspecified atom stereocenters. The van der Waals surface area contributed by atoms with Crippen LogP contribution in [0.15, 0.2) is 97.6 Å². The number of aromatic nitrogens is 2. The molecule has 2 N–H and O–H groups in total. The summed E-state index contributed by atoms with van der Waals surface area (Å²) < 4.78 is 0. The number of amides is 2. The molecule has 12 heteroatoms. The number of aliphatic carboxylic acids is 2. The first kappa shape index (κ1) is 40.2. The average Bonchev–Trinajstić information content (AvgIpc) is 3.24. The van der Waals surface area contributed by atoms with Gasteiger partial charge in [-0.05, 0) is 110 Å².